The molecule has 30 heavy (non-hydrogen) atoms. The van der Waals surface area contributed by atoms with Gasteiger partial charge in [-0.1, -0.05) is 54.1 Å². The first kappa shape index (κ1) is 17.1. The van der Waals surface area contributed by atoms with Crippen LogP contribution in [0.5, 0.6) is 0 Å². The van der Waals surface area contributed by atoms with Gasteiger partial charge in [0, 0.05) is 32.3 Å². The highest BCUT2D eigenvalue weighted by atomic mass is 35.5. The van der Waals surface area contributed by atoms with E-state index < -0.39 is 0 Å². The Bertz CT molecular complexity index is 1690. The highest BCUT2D eigenvalue weighted by Crippen LogP contribution is 2.33. The molecular formula is C25H13ClN2O2. The van der Waals surface area contributed by atoms with Gasteiger partial charge in [-0.3, -0.25) is 14.0 Å². The predicted octanol–water partition coefficient (Wildman–Crippen LogP) is 5.48. The Hall–Kier alpha value is -3.76. The van der Waals surface area contributed by atoms with Gasteiger partial charge in [0.25, 0.3) is 5.56 Å². The summed E-state index contributed by atoms with van der Waals surface area (Å²) in [5.41, 5.74) is 2.98. The van der Waals surface area contributed by atoms with Gasteiger partial charge < -0.3 is 0 Å². The van der Waals surface area contributed by atoms with Gasteiger partial charge in [-0.25, -0.2) is 4.98 Å². The van der Waals surface area contributed by atoms with E-state index >= 15 is 0 Å². The first-order valence-corrected chi connectivity index (χ1v) is 9.90. The summed E-state index contributed by atoms with van der Waals surface area (Å²) >= 11 is 6.13. The average molecular weight is 409 g/mol. The fourth-order valence-electron chi connectivity index (χ4n) is 4.27. The Kier molecular flexibility index (Phi) is 3.49. The summed E-state index contributed by atoms with van der Waals surface area (Å²) < 4.78 is 1.63. The van der Waals surface area contributed by atoms with Crippen molar-refractivity contribution in [3.05, 3.63) is 105 Å². The molecule has 0 radical (unpaired) electrons. The minimum Gasteiger partial charge on any atom is -0.289 e. The van der Waals surface area contributed by atoms with E-state index in [9.17, 15) is 9.59 Å². The van der Waals surface area contributed by atoms with Crippen molar-refractivity contribution in [2.45, 2.75) is 0 Å². The lowest BCUT2D eigenvalue weighted by Gasteiger charge is -2.11. The zero-order valence-electron chi connectivity index (χ0n) is 15.6. The Labute approximate surface area is 175 Å². The third kappa shape index (κ3) is 2.25. The Balaban J connectivity index is 1.77. The van der Waals surface area contributed by atoms with Crippen LogP contribution in [0, 0.1) is 0 Å². The smallest absolute Gasteiger partial charge is 0.264 e. The maximum absolute atomic E-state index is 13.4. The summed E-state index contributed by atoms with van der Waals surface area (Å²) in [6.07, 6.45) is 0. The summed E-state index contributed by atoms with van der Waals surface area (Å²) in [5.74, 6) is -0.0717. The number of carbonyl (C=O) groups is 1. The van der Waals surface area contributed by atoms with E-state index in [0.717, 1.165) is 16.2 Å². The predicted molar refractivity (Wildman–Crippen MR) is 120 cm³/mol. The molecule has 0 unspecified atom stereocenters. The van der Waals surface area contributed by atoms with Crippen molar-refractivity contribution in [3.63, 3.8) is 0 Å². The zero-order chi connectivity index (χ0) is 20.4. The van der Waals surface area contributed by atoms with E-state index in [-0.39, 0.29) is 11.3 Å². The number of fused-ring (bicyclic) bond motifs is 4. The van der Waals surface area contributed by atoms with Gasteiger partial charge in [-0.15, -0.1) is 0 Å². The molecule has 4 nitrogen and oxygen atoms in total. The SMILES string of the molecule is O=C(c1ccccc1)c1ccc2c3c1cccc3c(=O)n1c3ccc(Cl)cc3nc21. The maximum Gasteiger partial charge on any atom is 0.264 e. The number of carbonyl (C=O) groups excluding carboxylic acids is 1. The number of benzene rings is 4. The molecule has 0 atom stereocenters. The van der Waals surface area contributed by atoms with Crippen molar-refractivity contribution in [2.75, 3.05) is 0 Å². The number of imidazole rings is 1. The van der Waals surface area contributed by atoms with Crippen LogP contribution in [-0.2, 0) is 0 Å². The van der Waals surface area contributed by atoms with E-state index in [0.29, 0.717) is 38.2 Å². The quantitative estimate of drug-likeness (QED) is 0.357. The molecule has 0 bridgehead atoms. The molecule has 2 heterocycles. The summed E-state index contributed by atoms with van der Waals surface area (Å²) in [5, 5.41) is 3.47. The van der Waals surface area contributed by atoms with Crippen LogP contribution in [0.4, 0.5) is 0 Å². The molecule has 0 aliphatic carbocycles. The van der Waals surface area contributed by atoms with Crippen LogP contribution in [0.2, 0.25) is 5.02 Å². The zero-order valence-corrected chi connectivity index (χ0v) is 16.4. The number of ketones is 1. The summed E-state index contributed by atoms with van der Waals surface area (Å²) in [7, 11) is 0. The van der Waals surface area contributed by atoms with Crippen molar-refractivity contribution in [3.8, 4) is 0 Å². The first-order valence-electron chi connectivity index (χ1n) is 9.52. The molecule has 4 aromatic carbocycles. The molecule has 142 valence electrons. The molecule has 0 saturated heterocycles. The molecule has 6 rings (SSSR count). The molecule has 0 amide bonds. The molecule has 2 aromatic heterocycles. The van der Waals surface area contributed by atoms with Crippen molar-refractivity contribution < 1.29 is 4.79 Å². The molecule has 5 heteroatoms. The summed E-state index contributed by atoms with van der Waals surface area (Å²) in [6, 6.07) is 23.7. The van der Waals surface area contributed by atoms with E-state index in [1.807, 2.05) is 48.5 Å². The van der Waals surface area contributed by atoms with Crippen LogP contribution in [0.15, 0.2) is 83.7 Å². The van der Waals surface area contributed by atoms with E-state index in [4.69, 9.17) is 16.6 Å². The topological polar surface area (TPSA) is 51.4 Å². The van der Waals surface area contributed by atoms with Gasteiger partial charge in [0.1, 0.15) is 5.65 Å². The van der Waals surface area contributed by atoms with E-state index in [2.05, 4.69) is 0 Å². The second-order valence-corrected chi connectivity index (χ2v) is 7.73. The summed E-state index contributed by atoms with van der Waals surface area (Å²) in [4.78, 5) is 31.3. The Morgan fingerprint density at radius 1 is 0.833 bits per heavy atom. The molecule has 0 saturated carbocycles. The largest absolute Gasteiger partial charge is 0.289 e. The van der Waals surface area contributed by atoms with Gasteiger partial charge in [0.2, 0.25) is 0 Å². The first-order chi connectivity index (χ1) is 14.6. The fraction of sp³-hybridized carbons (Fsp3) is 0. The third-order valence-corrected chi connectivity index (χ3v) is 5.85. The molecule has 6 aromatic rings. The van der Waals surface area contributed by atoms with Gasteiger partial charge >= 0.3 is 0 Å². The summed E-state index contributed by atoms with van der Waals surface area (Å²) in [6.45, 7) is 0. The van der Waals surface area contributed by atoms with Crippen LogP contribution in [0.1, 0.15) is 15.9 Å². The Morgan fingerprint density at radius 3 is 2.47 bits per heavy atom. The van der Waals surface area contributed by atoms with Gasteiger partial charge in [0.05, 0.1) is 11.0 Å². The molecular weight excluding hydrogens is 396 g/mol. The standard InChI is InChI=1S/C25H13ClN2O2/c26-15-9-12-21-20(13-15)27-24-18-11-10-17(23(29)14-5-2-1-3-6-14)16-7-4-8-19(22(16)18)25(30)28(21)24/h1-13H. The lowest BCUT2D eigenvalue weighted by molar-refractivity contribution is 0.104. The average Bonchev–Trinajstić information content (AvgIpc) is 3.16. The van der Waals surface area contributed by atoms with Crippen LogP contribution >= 0.6 is 11.6 Å². The molecule has 0 spiro atoms. The third-order valence-electron chi connectivity index (χ3n) is 5.61. The van der Waals surface area contributed by atoms with Crippen molar-refractivity contribution in [1.29, 1.82) is 0 Å². The molecule has 0 N–H and O–H groups in total. The molecule has 0 aliphatic rings. The second kappa shape index (κ2) is 6.12. The molecule has 0 aliphatic heterocycles. The van der Waals surface area contributed by atoms with Gasteiger partial charge in [-0.2, -0.15) is 0 Å². The number of rotatable bonds is 2. The van der Waals surface area contributed by atoms with Crippen LogP contribution in [0.25, 0.3) is 38.2 Å². The Morgan fingerprint density at radius 2 is 1.63 bits per heavy atom. The number of hydrogen-bond acceptors (Lipinski definition) is 3. The maximum atomic E-state index is 13.4. The number of halogens is 1. The number of aromatic nitrogens is 2. The van der Waals surface area contributed by atoms with Crippen molar-refractivity contribution >= 4 is 55.6 Å². The highest BCUT2D eigenvalue weighted by Gasteiger charge is 2.20. The number of hydrogen-bond donors (Lipinski definition) is 0. The lowest BCUT2D eigenvalue weighted by Crippen LogP contribution is -2.14. The number of nitrogens with zero attached hydrogens (tertiary/aromatic N) is 2. The normalized spacial score (nSPS) is 11.8. The van der Waals surface area contributed by atoms with Gasteiger partial charge in [-0.05, 0) is 41.8 Å². The van der Waals surface area contributed by atoms with Crippen LogP contribution in [0.3, 0.4) is 0 Å². The minimum absolute atomic E-state index is 0.0717. The monoisotopic (exact) mass is 408 g/mol. The second-order valence-electron chi connectivity index (χ2n) is 7.29. The van der Waals surface area contributed by atoms with E-state index in [1.54, 1.807) is 34.7 Å². The number of pyridine rings is 1. The van der Waals surface area contributed by atoms with Crippen molar-refractivity contribution in [1.82, 2.24) is 9.38 Å². The van der Waals surface area contributed by atoms with Crippen LogP contribution < -0.4 is 5.56 Å². The lowest BCUT2D eigenvalue weighted by atomic mass is 9.93. The van der Waals surface area contributed by atoms with E-state index in [1.165, 1.54) is 0 Å². The van der Waals surface area contributed by atoms with Crippen LogP contribution in [-0.4, -0.2) is 15.2 Å². The minimum atomic E-state index is -0.155. The van der Waals surface area contributed by atoms with Crippen molar-refractivity contribution in [2.24, 2.45) is 0 Å². The molecule has 0 fully saturated rings. The van der Waals surface area contributed by atoms with Gasteiger partial charge in [0.15, 0.2) is 5.78 Å². The fourth-order valence-corrected chi connectivity index (χ4v) is 4.44. The highest BCUT2D eigenvalue weighted by molar-refractivity contribution is 6.31.